The zero-order valence-electron chi connectivity index (χ0n) is 12.3. The topological polar surface area (TPSA) is 72.6 Å². The molecule has 2 aliphatic rings. The van der Waals surface area contributed by atoms with Gasteiger partial charge in [-0.3, -0.25) is 0 Å². The minimum atomic E-state index is -3.41. The van der Waals surface area contributed by atoms with E-state index in [2.05, 4.69) is 0 Å². The Morgan fingerprint density at radius 2 is 2.05 bits per heavy atom. The SMILES string of the molecule is CCc1cc(S(=O)(=O)N2CCCC2)cc2c1OCCC2N. The molecular weight excluding hydrogens is 288 g/mol. The molecular formula is C15H22N2O3S. The summed E-state index contributed by atoms with van der Waals surface area (Å²) in [6.45, 7) is 3.83. The molecule has 2 heterocycles. The lowest BCUT2D eigenvalue weighted by molar-refractivity contribution is 0.266. The van der Waals surface area contributed by atoms with Crippen molar-refractivity contribution in [1.29, 1.82) is 0 Å². The summed E-state index contributed by atoms with van der Waals surface area (Å²) < 4.78 is 32.8. The van der Waals surface area contributed by atoms with Crippen LogP contribution in [0.4, 0.5) is 0 Å². The van der Waals surface area contributed by atoms with Crippen LogP contribution >= 0.6 is 0 Å². The number of benzene rings is 1. The molecule has 6 heteroatoms. The van der Waals surface area contributed by atoms with Crippen molar-refractivity contribution in [1.82, 2.24) is 4.31 Å². The summed E-state index contributed by atoms with van der Waals surface area (Å²) in [6.07, 6.45) is 3.34. The first-order valence-corrected chi connectivity index (χ1v) is 9.03. The highest BCUT2D eigenvalue weighted by atomic mass is 32.2. The molecule has 116 valence electrons. The fourth-order valence-electron chi connectivity index (χ4n) is 3.07. The van der Waals surface area contributed by atoms with Gasteiger partial charge in [-0.15, -0.1) is 0 Å². The second-order valence-electron chi connectivity index (χ2n) is 5.71. The molecule has 1 aromatic rings. The van der Waals surface area contributed by atoms with Crippen molar-refractivity contribution in [3.05, 3.63) is 23.3 Å². The number of aryl methyl sites for hydroxylation is 1. The van der Waals surface area contributed by atoms with Crippen LogP contribution in [0.1, 0.15) is 43.4 Å². The average molecular weight is 310 g/mol. The van der Waals surface area contributed by atoms with Crippen molar-refractivity contribution in [2.45, 2.75) is 43.5 Å². The number of ether oxygens (including phenoxy) is 1. The van der Waals surface area contributed by atoms with Gasteiger partial charge in [0.25, 0.3) is 0 Å². The molecule has 2 N–H and O–H groups in total. The van der Waals surface area contributed by atoms with Crippen LogP contribution < -0.4 is 10.5 Å². The second kappa shape index (κ2) is 5.59. The predicted molar refractivity (Wildman–Crippen MR) is 80.9 cm³/mol. The van der Waals surface area contributed by atoms with Crippen molar-refractivity contribution < 1.29 is 13.2 Å². The van der Waals surface area contributed by atoms with Crippen molar-refractivity contribution >= 4 is 10.0 Å². The molecule has 1 unspecified atom stereocenters. The molecule has 0 aromatic heterocycles. The fraction of sp³-hybridized carbons (Fsp3) is 0.600. The highest BCUT2D eigenvalue weighted by Crippen LogP contribution is 2.37. The minimum absolute atomic E-state index is 0.146. The Hall–Kier alpha value is -1.11. The lowest BCUT2D eigenvalue weighted by Crippen LogP contribution is -2.29. The van der Waals surface area contributed by atoms with Gasteiger partial charge in [0.15, 0.2) is 0 Å². The molecule has 0 spiro atoms. The van der Waals surface area contributed by atoms with Crippen LogP contribution in [0.25, 0.3) is 0 Å². The summed E-state index contributed by atoms with van der Waals surface area (Å²) in [6, 6.07) is 3.32. The number of nitrogens with two attached hydrogens (primary N) is 1. The maximum absolute atomic E-state index is 12.7. The van der Waals surface area contributed by atoms with Crippen LogP contribution in [-0.2, 0) is 16.4 Å². The predicted octanol–water partition coefficient (Wildman–Crippen LogP) is 1.82. The number of fused-ring (bicyclic) bond motifs is 1. The minimum Gasteiger partial charge on any atom is -0.493 e. The first-order chi connectivity index (χ1) is 10.0. The number of nitrogens with zero attached hydrogens (tertiary/aromatic N) is 1. The molecule has 21 heavy (non-hydrogen) atoms. The van der Waals surface area contributed by atoms with E-state index in [1.54, 1.807) is 16.4 Å². The molecule has 3 rings (SSSR count). The van der Waals surface area contributed by atoms with E-state index in [9.17, 15) is 8.42 Å². The molecule has 5 nitrogen and oxygen atoms in total. The molecule has 1 atom stereocenters. The fourth-order valence-corrected chi connectivity index (χ4v) is 4.67. The second-order valence-corrected chi connectivity index (χ2v) is 7.65. The van der Waals surface area contributed by atoms with E-state index in [0.717, 1.165) is 42.6 Å². The van der Waals surface area contributed by atoms with Gasteiger partial charge < -0.3 is 10.5 Å². The van der Waals surface area contributed by atoms with Crippen LogP contribution in [-0.4, -0.2) is 32.4 Å². The Balaban J connectivity index is 2.09. The maximum atomic E-state index is 12.7. The largest absolute Gasteiger partial charge is 0.493 e. The van der Waals surface area contributed by atoms with E-state index in [-0.39, 0.29) is 6.04 Å². The van der Waals surface area contributed by atoms with Crippen molar-refractivity contribution in [2.75, 3.05) is 19.7 Å². The van der Waals surface area contributed by atoms with Gasteiger partial charge in [0.05, 0.1) is 11.5 Å². The highest BCUT2D eigenvalue weighted by Gasteiger charge is 2.30. The van der Waals surface area contributed by atoms with E-state index in [4.69, 9.17) is 10.5 Å². The zero-order valence-corrected chi connectivity index (χ0v) is 13.2. The average Bonchev–Trinajstić information content (AvgIpc) is 3.01. The first-order valence-electron chi connectivity index (χ1n) is 7.59. The van der Waals surface area contributed by atoms with Crippen LogP contribution in [0.15, 0.2) is 17.0 Å². The smallest absolute Gasteiger partial charge is 0.243 e. The van der Waals surface area contributed by atoms with Gasteiger partial charge in [0.2, 0.25) is 10.0 Å². The third-order valence-electron chi connectivity index (χ3n) is 4.33. The molecule has 2 aliphatic heterocycles. The number of sulfonamides is 1. The zero-order chi connectivity index (χ0) is 15.0. The van der Waals surface area contributed by atoms with Gasteiger partial charge in [-0.2, -0.15) is 4.31 Å². The summed E-state index contributed by atoms with van der Waals surface area (Å²) in [5, 5.41) is 0. The van der Waals surface area contributed by atoms with E-state index in [0.29, 0.717) is 24.6 Å². The number of rotatable bonds is 3. The van der Waals surface area contributed by atoms with Crippen LogP contribution in [0.5, 0.6) is 5.75 Å². The summed E-state index contributed by atoms with van der Waals surface area (Å²) in [5.41, 5.74) is 7.91. The van der Waals surface area contributed by atoms with Gasteiger partial charge >= 0.3 is 0 Å². The Bertz CT molecular complexity index is 637. The third kappa shape index (κ3) is 2.56. The quantitative estimate of drug-likeness (QED) is 0.924. The number of hydrogen-bond acceptors (Lipinski definition) is 4. The normalized spacial score (nSPS) is 22.9. The lowest BCUT2D eigenvalue weighted by Gasteiger charge is -2.26. The summed E-state index contributed by atoms with van der Waals surface area (Å²) in [7, 11) is -3.41. The van der Waals surface area contributed by atoms with Gasteiger partial charge in [0, 0.05) is 31.1 Å². The van der Waals surface area contributed by atoms with Crippen LogP contribution in [0.3, 0.4) is 0 Å². The Morgan fingerprint density at radius 1 is 1.33 bits per heavy atom. The van der Waals surface area contributed by atoms with Crippen LogP contribution in [0, 0.1) is 0 Å². The molecule has 1 fully saturated rings. The van der Waals surface area contributed by atoms with Crippen LogP contribution in [0.2, 0.25) is 0 Å². The standard InChI is InChI=1S/C15H22N2O3S/c1-2-11-9-12(21(18,19)17-6-3-4-7-17)10-13-14(16)5-8-20-15(11)13/h9-10,14H,2-8,16H2,1H3. The highest BCUT2D eigenvalue weighted by molar-refractivity contribution is 7.89. The number of hydrogen-bond donors (Lipinski definition) is 1. The van der Waals surface area contributed by atoms with E-state index < -0.39 is 10.0 Å². The third-order valence-corrected chi connectivity index (χ3v) is 6.20. The lowest BCUT2D eigenvalue weighted by atomic mass is 9.97. The van der Waals surface area contributed by atoms with E-state index in [1.807, 2.05) is 6.92 Å². The van der Waals surface area contributed by atoms with Crippen molar-refractivity contribution in [2.24, 2.45) is 5.73 Å². The van der Waals surface area contributed by atoms with Gasteiger partial charge in [-0.25, -0.2) is 8.42 Å². The molecule has 0 bridgehead atoms. The summed E-state index contributed by atoms with van der Waals surface area (Å²) in [4.78, 5) is 0.362. The molecule has 1 aromatic carbocycles. The summed E-state index contributed by atoms with van der Waals surface area (Å²) in [5.74, 6) is 0.789. The first kappa shape index (κ1) is 14.8. The Kier molecular flexibility index (Phi) is 3.94. The summed E-state index contributed by atoms with van der Waals surface area (Å²) >= 11 is 0. The maximum Gasteiger partial charge on any atom is 0.243 e. The van der Waals surface area contributed by atoms with Gasteiger partial charge in [-0.05, 0) is 37.0 Å². The van der Waals surface area contributed by atoms with E-state index >= 15 is 0 Å². The van der Waals surface area contributed by atoms with Gasteiger partial charge in [0.1, 0.15) is 5.75 Å². The molecule has 0 radical (unpaired) electrons. The Morgan fingerprint density at radius 3 is 2.71 bits per heavy atom. The monoisotopic (exact) mass is 310 g/mol. The van der Waals surface area contributed by atoms with E-state index in [1.165, 1.54) is 0 Å². The van der Waals surface area contributed by atoms with Crippen molar-refractivity contribution in [3.63, 3.8) is 0 Å². The molecule has 0 amide bonds. The Labute approximate surface area is 126 Å². The molecule has 1 saturated heterocycles. The molecule has 0 saturated carbocycles. The van der Waals surface area contributed by atoms with Gasteiger partial charge in [-0.1, -0.05) is 6.92 Å². The van der Waals surface area contributed by atoms with Crippen molar-refractivity contribution in [3.8, 4) is 5.75 Å². The molecule has 0 aliphatic carbocycles.